The van der Waals surface area contributed by atoms with Crippen LogP contribution in [-0.4, -0.2) is 54.3 Å². The van der Waals surface area contributed by atoms with Crippen molar-refractivity contribution in [1.82, 2.24) is 30.6 Å². The van der Waals surface area contributed by atoms with E-state index in [1.54, 1.807) is 13.3 Å². The second kappa shape index (κ2) is 7.59. The fraction of sp³-hybridized carbons (Fsp3) is 0.158. The number of hydrogen-bond donors (Lipinski definition) is 3. The second-order valence-electron chi connectivity index (χ2n) is 6.58. The van der Waals surface area contributed by atoms with E-state index < -0.39 is 10.8 Å². The predicted molar refractivity (Wildman–Crippen MR) is 118 cm³/mol. The summed E-state index contributed by atoms with van der Waals surface area (Å²) in [5, 5.41) is 18.7. The van der Waals surface area contributed by atoms with Gasteiger partial charge in [0.25, 0.3) is 0 Å². The third-order valence-electron chi connectivity index (χ3n) is 4.75. The van der Waals surface area contributed by atoms with Crippen molar-refractivity contribution in [1.29, 1.82) is 0 Å². The molecule has 1 unspecified atom stereocenters. The number of aromatic amines is 2. The molecule has 1 aromatic carbocycles. The molecule has 0 aliphatic carbocycles. The van der Waals surface area contributed by atoms with E-state index in [4.69, 9.17) is 15.5 Å². The Kier molecular flexibility index (Phi) is 4.77. The molecule has 5 aromatic rings. The molecular formula is C19H17N7O2S2. The highest BCUT2D eigenvalue weighted by Gasteiger charge is 2.21. The summed E-state index contributed by atoms with van der Waals surface area (Å²) in [5.41, 5.74) is 11.8. The molecule has 152 valence electrons. The molecule has 9 nitrogen and oxygen atoms in total. The van der Waals surface area contributed by atoms with Gasteiger partial charge >= 0.3 is 0 Å². The number of nitrogens with zero attached hydrogens (tertiary/aromatic N) is 4. The first-order valence-corrected chi connectivity index (χ1v) is 11.2. The third kappa shape index (κ3) is 3.16. The van der Waals surface area contributed by atoms with E-state index in [-0.39, 0.29) is 0 Å². The maximum absolute atomic E-state index is 12.8. The topological polar surface area (TPSA) is 135 Å². The van der Waals surface area contributed by atoms with Crippen molar-refractivity contribution in [3.8, 4) is 22.5 Å². The monoisotopic (exact) mass is 439 g/mol. The van der Waals surface area contributed by atoms with E-state index in [0.29, 0.717) is 22.3 Å². The molecule has 0 saturated carbocycles. The summed E-state index contributed by atoms with van der Waals surface area (Å²) in [5.74, 6) is 0.378. The predicted octanol–water partition coefficient (Wildman–Crippen LogP) is 2.96. The number of thiophene rings is 1. The minimum absolute atomic E-state index is 0.378. The highest BCUT2D eigenvalue weighted by atomic mass is 32.2. The van der Waals surface area contributed by atoms with Crippen LogP contribution in [0.3, 0.4) is 0 Å². The minimum Gasteiger partial charge on any atom is -0.396 e. The molecule has 0 radical (unpaired) electrons. The molecule has 4 heterocycles. The van der Waals surface area contributed by atoms with Crippen LogP contribution in [0.25, 0.3) is 43.8 Å². The number of anilines is 1. The molecule has 11 heteroatoms. The fourth-order valence-corrected chi connectivity index (χ4v) is 5.85. The lowest BCUT2D eigenvalue weighted by atomic mass is 10.0. The van der Waals surface area contributed by atoms with E-state index in [2.05, 4.69) is 25.6 Å². The van der Waals surface area contributed by atoms with Gasteiger partial charge in [-0.2, -0.15) is 20.5 Å². The van der Waals surface area contributed by atoms with Crippen LogP contribution in [-0.2, 0) is 15.5 Å². The molecule has 0 fully saturated rings. The first-order chi connectivity index (χ1) is 14.7. The molecular weight excluding hydrogens is 422 g/mol. The molecule has 0 spiro atoms. The van der Waals surface area contributed by atoms with Crippen LogP contribution in [0.5, 0.6) is 0 Å². The Hall–Kier alpha value is -3.15. The van der Waals surface area contributed by atoms with Crippen molar-refractivity contribution in [2.75, 3.05) is 25.2 Å². The molecule has 4 N–H and O–H groups in total. The van der Waals surface area contributed by atoms with Gasteiger partial charge in [-0.05, 0) is 24.3 Å². The number of nitrogens with one attached hydrogen (secondary N) is 2. The lowest BCUT2D eigenvalue weighted by Gasteiger charge is -2.07. The summed E-state index contributed by atoms with van der Waals surface area (Å²) in [6, 6.07) is 9.60. The van der Waals surface area contributed by atoms with Gasteiger partial charge in [-0.3, -0.25) is 9.31 Å². The Morgan fingerprint density at radius 1 is 1.20 bits per heavy atom. The number of nitrogens with two attached hydrogens (primary N) is 1. The minimum atomic E-state index is -1.27. The standard InChI is InChI=1S/C19H17N7O2S2/c1-28-6-7-30(27)19-17(20)16-11(12-4-5-21-23-12)9-14(22-18(16)29-19)10-2-3-13-15(8-10)25-26-24-13/h2-5,8-9H,6-7,20H2,1H3,(H,21,23)(H,24,25,26). The zero-order chi connectivity index (χ0) is 20.7. The molecule has 5 rings (SSSR count). The van der Waals surface area contributed by atoms with Crippen LogP contribution >= 0.6 is 11.3 Å². The molecule has 0 bridgehead atoms. The highest BCUT2D eigenvalue weighted by Crippen LogP contribution is 2.42. The summed E-state index contributed by atoms with van der Waals surface area (Å²) < 4.78 is 18.4. The van der Waals surface area contributed by atoms with Crippen molar-refractivity contribution in [3.05, 3.63) is 36.5 Å². The first kappa shape index (κ1) is 18.9. The number of H-pyrrole nitrogens is 2. The number of fused-ring (bicyclic) bond motifs is 2. The van der Waals surface area contributed by atoms with Crippen LogP contribution in [0.2, 0.25) is 0 Å². The number of hydrogen-bond acceptors (Lipinski definition) is 8. The van der Waals surface area contributed by atoms with Gasteiger partial charge in [-0.15, -0.1) is 11.3 Å². The number of benzene rings is 1. The van der Waals surface area contributed by atoms with Crippen molar-refractivity contribution in [2.24, 2.45) is 0 Å². The van der Waals surface area contributed by atoms with Gasteiger partial charge in [-0.1, -0.05) is 6.07 Å². The number of pyridine rings is 1. The zero-order valence-corrected chi connectivity index (χ0v) is 17.5. The van der Waals surface area contributed by atoms with E-state index in [1.807, 2.05) is 30.3 Å². The smallest absolute Gasteiger partial charge is 0.127 e. The average Bonchev–Trinajstić information content (AvgIpc) is 3.51. The van der Waals surface area contributed by atoms with Gasteiger partial charge in [0.2, 0.25) is 0 Å². The summed E-state index contributed by atoms with van der Waals surface area (Å²) in [6.45, 7) is 0.393. The molecule has 4 aromatic heterocycles. The van der Waals surface area contributed by atoms with Gasteiger partial charge in [0.1, 0.15) is 20.1 Å². The largest absolute Gasteiger partial charge is 0.396 e. The number of methoxy groups -OCH3 is 1. The van der Waals surface area contributed by atoms with Crippen molar-refractivity contribution >= 4 is 49.1 Å². The van der Waals surface area contributed by atoms with Crippen molar-refractivity contribution in [3.63, 3.8) is 0 Å². The van der Waals surface area contributed by atoms with E-state index in [1.165, 1.54) is 11.3 Å². The molecule has 1 atom stereocenters. The molecule has 0 aliphatic heterocycles. The van der Waals surface area contributed by atoms with E-state index >= 15 is 0 Å². The van der Waals surface area contributed by atoms with Crippen LogP contribution in [0.15, 0.2) is 40.7 Å². The molecule has 0 saturated heterocycles. The Balaban J connectivity index is 1.72. The number of aromatic nitrogens is 6. The molecule has 0 aliphatic rings. The third-order valence-corrected chi connectivity index (χ3v) is 7.62. The first-order valence-electron chi connectivity index (χ1n) is 9.06. The number of rotatable bonds is 6. The second-order valence-corrected chi connectivity index (χ2v) is 9.34. The summed E-state index contributed by atoms with van der Waals surface area (Å²) in [7, 11) is 0.318. The lowest BCUT2D eigenvalue weighted by Crippen LogP contribution is -2.04. The van der Waals surface area contributed by atoms with E-state index in [0.717, 1.165) is 43.8 Å². The van der Waals surface area contributed by atoms with Crippen LogP contribution in [0.4, 0.5) is 5.69 Å². The van der Waals surface area contributed by atoms with Crippen LogP contribution in [0.1, 0.15) is 0 Å². The highest BCUT2D eigenvalue weighted by molar-refractivity contribution is 7.87. The SMILES string of the molecule is COCCS(=O)c1sc2nc(-c3ccc4n[nH]nc4c3)cc(-c3ccn[nH]3)c2c1N. The maximum atomic E-state index is 12.8. The summed E-state index contributed by atoms with van der Waals surface area (Å²) in [4.78, 5) is 5.55. The maximum Gasteiger partial charge on any atom is 0.127 e. The van der Waals surface area contributed by atoms with Crippen molar-refractivity contribution in [2.45, 2.75) is 4.21 Å². The van der Waals surface area contributed by atoms with Gasteiger partial charge in [0.05, 0.1) is 40.2 Å². The van der Waals surface area contributed by atoms with Crippen molar-refractivity contribution < 1.29 is 8.95 Å². The van der Waals surface area contributed by atoms with Gasteiger partial charge in [-0.25, -0.2) is 4.98 Å². The van der Waals surface area contributed by atoms with Crippen LogP contribution in [0, 0.1) is 0 Å². The average molecular weight is 440 g/mol. The Morgan fingerprint density at radius 2 is 2.07 bits per heavy atom. The summed E-state index contributed by atoms with van der Waals surface area (Å²) in [6.07, 6.45) is 1.68. The molecule has 30 heavy (non-hydrogen) atoms. The van der Waals surface area contributed by atoms with Gasteiger partial charge < -0.3 is 10.5 Å². The number of ether oxygens (including phenoxy) is 1. The van der Waals surface area contributed by atoms with Gasteiger partial charge in [0, 0.05) is 29.8 Å². The number of nitrogen functional groups attached to an aromatic ring is 1. The molecule has 0 amide bonds. The van der Waals surface area contributed by atoms with Gasteiger partial charge in [0.15, 0.2) is 0 Å². The Labute approximate surface area is 177 Å². The lowest BCUT2D eigenvalue weighted by molar-refractivity contribution is 0.218. The van der Waals surface area contributed by atoms with E-state index in [9.17, 15) is 4.21 Å². The zero-order valence-electron chi connectivity index (χ0n) is 15.9. The van der Waals surface area contributed by atoms with Crippen LogP contribution < -0.4 is 5.73 Å². The fourth-order valence-electron chi connectivity index (χ4n) is 3.29. The Morgan fingerprint density at radius 3 is 2.87 bits per heavy atom. The Bertz CT molecular complexity index is 1370. The normalized spacial score (nSPS) is 12.7. The summed E-state index contributed by atoms with van der Waals surface area (Å²) >= 11 is 1.35. The quantitative estimate of drug-likeness (QED) is 0.370.